The lowest BCUT2D eigenvalue weighted by Crippen LogP contribution is -2.12. The van der Waals surface area contributed by atoms with Crippen molar-refractivity contribution in [3.63, 3.8) is 0 Å². The SMILES string of the molecule is CCCCC(CC)COCOc1ccc(C)cc1. The molecule has 0 amide bonds. The molecule has 18 heavy (non-hydrogen) atoms. The van der Waals surface area contributed by atoms with Crippen LogP contribution in [0.3, 0.4) is 0 Å². The van der Waals surface area contributed by atoms with Crippen molar-refractivity contribution in [1.29, 1.82) is 0 Å². The van der Waals surface area contributed by atoms with Crippen LogP contribution in [0.25, 0.3) is 0 Å². The van der Waals surface area contributed by atoms with Crippen LogP contribution in [0.5, 0.6) is 5.75 Å². The molecule has 0 radical (unpaired) electrons. The third-order valence-electron chi connectivity index (χ3n) is 3.23. The molecule has 0 aliphatic carbocycles. The Morgan fingerprint density at radius 2 is 1.83 bits per heavy atom. The predicted molar refractivity (Wildman–Crippen MR) is 75.9 cm³/mol. The molecule has 0 heterocycles. The maximum Gasteiger partial charge on any atom is 0.189 e. The lowest BCUT2D eigenvalue weighted by Gasteiger charge is -2.15. The van der Waals surface area contributed by atoms with Gasteiger partial charge in [0, 0.05) is 0 Å². The number of ether oxygens (including phenoxy) is 2. The molecule has 2 heteroatoms. The van der Waals surface area contributed by atoms with E-state index in [1.807, 2.05) is 24.3 Å². The molecule has 1 aromatic carbocycles. The van der Waals surface area contributed by atoms with E-state index in [2.05, 4.69) is 20.8 Å². The zero-order valence-electron chi connectivity index (χ0n) is 11.9. The zero-order chi connectivity index (χ0) is 13.2. The van der Waals surface area contributed by atoms with Gasteiger partial charge in [-0.2, -0.15) is 0 Å². The summed E-state index contributed by atoms with van der Waals surface area (Å²) in [5.41, 5.74) is 1.24. The summed E-state index contributed by atoms with van der Waals surface area (Å²) in [6.45, 7) is 7.69. The Kier molecular flexibility index (Phi) is 7.51. The summed E-state index contributed by atoms with van der Waals surface area (Å²) in [6.07, 6.45) is 5.00. The lowest BCUT2D eigenvalue weighted by molar-refractivity contribution is -0.00446. The van der Waals surface area contributed by atoms with Crippen LogP contribution in [0.15, 0.2) is 24.3 Å². The Morgan fingerprint density at radius 3 is 2.44 bits per heavy atom. The fourth-order valence-electron chi connectivity index (χ4n) is 1.86. The minimum absolute atomic E-state index is 0.353. The Labute approximate surface area is 111 Å². The molecule has 102 valence electrons. The number of hydrogen-bond donors (Lipinski definition) is 0. The van der Waals surface area contributed by atoms with E-state index in [9.17, 15) is 0 Å². The lowest BCUT2D eigenvalue weighted by atomic mass is 10.0. The molecule has 1 aromatic rings. The van der Waals surface area contributed by atoms with E-state index in [0.717, 1.165) is 12.4 Å². The Bertz CT molecular complexity index is 305. The molecule has 0 bridgehead atoms. The van der Waals surface area contributed by atoms with E-state index >= 15 is 0 Å². The molecule has 0 N–H and O–H groups in total. The second-order valence-corrected chi connectivity index (χ2v) is 4.86. The van der Waals surface area contributed by atoms with Gasteiger partial charge >= 0.3 is 0 Å². The summed E-state index contributed by atoms with van der Waals surface area (Å²) in [5, 5.41) is 0. The van der Waals surface area contributed by atoms with Gasteiger partial charge in [0.05, 0.1) is 6.61 Å². The van der Waals surface area contributed by atoms with E-state index in [1.165, 1.54) is 31.2 Å². The number of aryl methyl sites for hydroxylation is 1. The van der Waals surface area contributed by atoms with Gasteiger partial charge in [0.25, 0.3) is 0 Å². The summed E-state index contributed by atoms with van der Waals surface area (Å²) >= 11 is 0. The first kappa shape index (κ1) is 15.0. The van der Waals surface area contributed by atoms with Crippen molar-refractivity contribution in [3.05, 3.63) is 29.8 Å². The summed E-state index contributed by atoms with van der Waals surface area (Å²) in [5.74, 6) is 1.55. The number of hydrogen-bond acceptors (Lipinski definition) is 2. The maximum absolute atomic E-state index is 5.60. The van der Waals surface area contributed by atoms with Gasteiger partial charge in [-0.15, -0.1) is 0 Å². The van der Waals surface area contributed by atoms with Crippen LogP contribution in [0.1, 0.15) is 45.1 Å². The molecule has 1 atom stereocenters. The van der Waals surface area contributed by atoms with Gasteiger partial charge in [-0.05, 0) is 31.4 Å². The van der Waals surface area contributed by atoms with Gasteiger partial charge < -0.3 is 9.47 Å². The topological polar surface area (TPSA) is 18.5 Å². The highest BCUT2D eigenvalue weighted by molar-refractivity contribution is 5.26. The highest BCUT2D eigenvalue weighted by atomic mass is 16.7. The van der Waals surface area contributed by atoms with E-state index in [-0.39, 0.29) is 0 Å². The van der Waals surface area contributed by atoms with Crippen LogP contribution in [0.2, 0.25) is 0 Å². The minimum Gasteiger partial charge on any atom is -0.468 e. The molecule has 0 aliphatic rings. The van der Waals surface area contributed by atoms with Gasteiger partial charge in [0.15, 0.2) is 6.79 Å². The van der Waals surface area contributed by atoms with Crippen molar-refractivity contribution in [2.45, 2.75) is 46.5 Å². The van der Waals surface area contributed by atoms with Crippen LogP contribution in [0, 0.1) is 12.8 Å². The quantitative estimate of drug-likeness (QED) is 0.472. The van der Waals surface area contributed by atoms with E-state index in [4.69, 9.17) is 9.47 Å². The second-order valence-electron chi connectivity index (χ2n) is 4.86. The average molecular weight is 250 g/mol. The number of unbranched alkanes of at least 4 members (excludes halogenated alkanes) is 1. The van der Waals surface area contributed by atoms with Gasteiger partial charge in [0.2, 0.25) is 0 Å². The summed E-state index contributed by atoms with van der Waals surface area (Å²) in [6, 6.07) is 8.05. The molecular formula is C16H26O2. The third kappa shape index (κ3) is 6.06. The fourth-order valence-corrected chi connectivity index (χ4v) is 1.86. The first-order valence-corrected chi connectivity index (χ1v) is 7.03. The first-order chi connectivity index (χ1) is 8.76. The maximum atomic E-state index is 5.60. The van der Waals surface area contributed by atoms with Crippen molar-refractivity contribution in [1.82, 2.24) is 0 Å². The van der Waals surface area contributed by atoms with Crippen LogP contribution in [-0.4, -0.2) is 13.4 Å². The number of rotatable bonds is 9. The zero-order valence-corrected chi connectivity index (χ0v) is 11.9. The molecular weight excluding hydrogens is 224 g/mol. The largest absolute Gasteiger partial charge is 0.468 e. The van der Waals surface area contributed by atoms with Crippen LogP contribution in [-0.2, 0) is 4.74 Å². The van der Waals surface area contributed by atoms with E-state index in [1.54, 1.807) is 0 Å². The minimum atomic E-state index is 0.353. The van der Waals surface area contributed by atoms with Crippen molar-refractivity contribution in [2.75, 3.05) is 13.4 Å². The average Bonchev–Trinajstić information content (AvgIpc) is 2.40. The Hall–Kier alpha value is -1.02. The van der Waals surface area contributed by atoms with Crippen molar-refractivity contribution >= 4 is 0 Å². The molecule has 1 rings (SSSR count). The standard InChI is InChI=1S/C16H26O2/c1-4-6-7-15(5-2)12-17-13-18-16-10-8-14(3)9-11-16/h8-11,15H,4-7,12-13H2,1-3H3. The molecule has 0 fully saturated rings. The normalized spacial score (nSPS) is 12.4. The Balaban J connectivity index is 2.15. The van der Waals surface area contributed by atoms with Gasteiger partial charge in [-0.3, -0.25) is 0 Å². The highest BCUT2D eigenvalue weighted by Crippen LogP contribution is 2.14. The second kappa shape index (κ2) is 8.98. The monoisotopic (exact) mass is 250 g/mol. The fraction of sp³-hybridized carbons (Fsp3) is 0.625. The Morgan fingerprint density at radius 1 is 1.11 bits per heavy atom. The van der Waals surface area contributed by atoms with Crippen molar-refractivity contribution < 1.29 is 9.47 Å². The van der Waals surface area contributed by atoms with Gasteiger partial charge in [-0.25, -0.2) is 0 Å². The molecule has 0 aromatic heterocycles. The predicted octanol–water partition coefficient (Wildman–Crippen LogP) is 4.56. The van der Waals surface area contributed by atoms with E-state index < -0.39 is 0 Å². The van der Waals surface area contributed by atoms with Crippen molar-refractivity contribution in [2.24, 2.45) is 5.92 Å². The van der Waals surface area contributed by atoms with Crippen LogP contribution >= 0.6 is 0 Å². The summed E-state index contributed by atoms with van der Waals surface area (Å²) < 4.78 is 11.1. The molecule has 0 saturated heterocycles. The van der Waals surface area contributed by atoms with Crippen molar-refractivity contribution in [3.8, 4) is 5.75 Å². The summed E-state index contributed by atoms with van der Waals surface area (Å²) in [7, 11) is 0. The molecule has 2 nitrogen and oxygen atoms in total. The molecule has 0 saturated carbocycles. The van der Waals surface area contributed by atoms with Gasteiger partial charge in [0.1, 0.15) is 5.75 Å². The number of benzene rings is 1. The smallest absolute Gasteiger partial charge is 0.189 e. The third-order valence-corrected chi connectivity index (χ3v) is 3.23. The van der Waals surface area contributed by atoms with E-state index in [0.29, 0.717) is 12.7 Å². The van der Waals surface area contributed by atoms with Crippen LogP contribution in [0.4, 0.5) is 0 Å². The summed E-state index contributed by atoms with van der Waals surface area (Å²) in [4.78, 5) is 0. The molecule has 1 unspecified atom stereocenters. The molecule has 0 spiro atoms. The highest BCUT2D eigenvalue weighted by Gasteiger charge is 2.05. The first-order valence-electron chi connectivity index (χ1n) is 7.03. The van der Waals surface area contributed by atoms with Crippen LogP contribution < -0.4 is 4.74 Å². The van der Waals surface area contributed by atoms with Gasteiger partial charge in [-0.1, -0.05) is 50.8 Å². The molecule has 0 aliphatic heterocycles.